The molecule has 28 heavy (non-hydrogen) atoms. The minimum Gasteiger partial charge on any atom is -0.394 e. The van der Waals surface area contributed by atoms with E-state index in [1.54, 1.807) is 12.1 Å². The number of nitrogens with zero attached hydrogens (tertiary/aromatic N) is 2. The van der Waals surface area contributed by atoms with Gasteiger partial charge in [-0.05, 0) is 35.7 Å². The summed E-state index contributed by atoms with van der Waals surface area (Å²) in [6, 6.07) is 14.7. The fraction of sp³-hybridized carbons (Fsp3) is 0.348. The molecule has 2 saturated heterocycles. The zero-order chi connectivity index (χ0) is 19.7. The van der Waals surface area contributed by atoms with Crippen LogP contribution in [0.2, 0.25) is 0 Å². The standard InChI is InChI=1S/C23H25FN2O2/c1-2-3-16-4-8-18(9-5-16)23-20-13-25(12-17-6-10-19(24)11-7-17)14-22(28)26(20)21(23)15-27/h2-11,20-21,23,27H,12-15H2,1H3/b3-2+/t20-,21-,23-/m1/s1. The molecule has 0 bridgehead atoms. The Bertz CT molecular complexity index is 863. The van der Waals surface area contributed by atoms with E-state index >= 15 is 0 Å². The van der Waals surface area contributed by atoms with Crippen LogP contribution >= 0.6 is 0 Å². The van der Waals surface area contributed by atoms with Crippen molar-refractivity contribution in [1.82, 2.24) is 9.80 Å². The fourth-order valence-corrected chi connectivity index (χ4v) is 4.56. The lowest BCUT2D eigenvalue weighted by Gasteiger charge is -2.59. The highest BCUT2D eigenvalue weighted by atomic mass is 19.1. The third kappa shape index (κ3) is 3.48. The minimum absolute atomic E-state index is 0.0263. The number of aliphatic hydroxyl groups excluding tert-OH is 1. The van der Waals surface area contributed by atoms with Gasteiger partial charge in [-0.25, -0.2) is 4.39 Å². The van der Waals surface area contributed by atoms with Gasteiger partial charge in [0.15, 0.2) is 0 Å². The Balaban J connectivity index is 1.52. The van der Waals surface area contributed by atoms with E-state index in [2.05, 4.69) is 35.2 Å². The van der Waals surface area contributed by atoms with Crippen molar-refractivity contribution in [2.45, 2.75) is 31.5 Å². The van der Waals surface area contributed by atoms with Crippen LogP contribution in [0.1, 0.15) is 29.5 Å². The first kappa shape index (κ1) is 18.8. The summed E-state index contributed by atoms with van der Waals surface area (Å²) in [5.74, 6) is -0.0697. The molecule has 2 aliphatic heterocycles. The third-order valence-corrected chi connectivity index (χ3v) is 5.82. The summed E-state index contributed by atoms with van der Waals surface area (Å²) in [7, 11) is 0. The summed E-state index contributed by atoms with van der Waals surface area (Å²) in [6.07, 6.45) is 4.05. The van der Waals surface area contributed by atoms with Gasteiger partial charge in [-0.1, -0.05) is 48.6 Å². The van der Waals surface area contributed by atoms with Gasteiger partial charge in [0.05, 0.1) is 25.2 Å². The van der Waals surface area contributed by atoms with Crippen LogP contribution in [0, 0.1) is 5.82 Å². The van der Waals surface area contributed by atoms with Gasteiger partial charge in [0.1, 0.15) is 5.82 Å². The second-order valence-electron chi connectivity index (χ2n) is 7.61. The zero-order valence-corrected chi connectivity index (χ0v) is 16.0. The highest BCUT2D eigenvalue weighted by Crippen LogP contribution is 2.43. The van der Waals surface area contributed by atoms with Gasteiger partial charge in [-0.15, -0.1) is 0 Å². The van der Waals surface area contributed by atoms with Gasteiger partial charge >= 0.3 is 0 Å². The van der Waals surface area contributed by atoms with E-state index in [0.29, 0.717) is 13.1 Å². The molecule has 3 atom stereocenters. The second-order valence-corrected chi connectivity index (χ2v) is 7.61. The number of carbonyl (C=O) groups excluding carboxylic acids is 1. The molecule has 1 amide bonds. The summed E-state index contributed by atoms with van der Waals surface area (Å²) < 4.78 is 13.1. The number of halogens is 1. The molecule has 1 N–H and O–H groups in total. The largest absolute Gasteiger partial charge is 0.394 e. The number of rotatable bonds is 5. The third-order valence-electron chi connectivity index (χ3n) is 5.82. The van der Waals surface area contributed by atoms with E-state index in [1.807, 2.05) is 17.9 Å². The van der Waals surface area contributed by atoms with Crippen molar-refractivity contribution in [3.63, 3.8) is 0 Å². The zero-order valence-electron chi connectivity index (χ0n) is 16.0. The van der Waals surface area contributed by atoms with E-state index in [9.17, 15) is 14.3 Å². The van der Waals surface area contributed by atoms with Crippen molar-refractivity contribution >= 4 is 12.0 Å². The Labute approximate surface area is 164 Å². The summed E-state index contributed by atoms with van der Waals surface area (Å²) in [4.78, 5) is 16.7. The first-order chi connectivity index (χ1) is 13.6. The minimum atomic E-state index is -0.254. The lowest BCUT2D eigenvalue weighted by atomic mass is 9.73. The van der Waals surface area contributed by atoms with Crippen LogP contribution in [0.25, 0.3) is 6.08 Å². The average Bonchev–Trinajstić information content (AvgIpc) is 2.67. The molecule has 2 aromatic rings. The normalized spacial score (nSPS) is 25.0. The predicted molar refractivity (Wildman–Crippen MR) is 107 cm³/mol. The maximum atomic E-state index is 13.1. The van der Waals surface area contributed by atoms with Gasteiger partial charge in [0, 0.05) is 19.0 Å². The molecule has 5 heteroatoms. The van der Waals surface area contributed by atoms with Gasteiger partial charge in [-0.2, -0.15) is 0 Å². The SMILES string of the molecule is C/C=C/c1ccc([C@H]2[C@@H](CO)N3C(=O)CN(Cc4ccc(F)cc4)C[C@H]23)cc1. The number of fused-ring (bicyclic) bond motifs is 1. The highest BCUT2D eigenvalue weighted by Gasteiger charge is 2.53. The number of carbonyl (C=O) groups is 1. The Hall–Kier alpha value is -2.50. The van der Waals surface area contributed by atoms with Crippen LogP contribution in [-0.2, 0) is 11.3 Å². The van der Waals surface area contributed by atoms with Gasteiger partial charge < -0.3 is 10.0 Å². The smallest absolute Gasteiger partial charge is 0.237 e. The molecule has 0 aromatic heterocycles. The number of hydrogen-bond acceptors (Lipinski definition) is 3. The summed E-state index contributed by atoms with van der Waals surface area (Å²) in [5, 5.41) is 9.89. The molecule has 146 valence electrons. The summed E-state index contributed by atoms with van der Waals surface area (Å²) in [5.41, 5.74) is 3.29. The van der Waals surface area contributed by atoms with Gasteiger partial charge in [0.25, 0.3) is 0 Å². The summed E-state index contributed by atoms with van der Waals surface area (Å²) in [6.45, 7) is 3.66. The van der Waals surface area contributed by atoms with Crippen LogP contribution in [0.15, 0.2) is 54.6 Å². The Morgan fingerprint density at radius 2 is 1.86 bits per heavy atom. The summed E-state index contributed by atoms with van der Waals surface area (Å²) >= 11 is 0. The number of aliphatic hydroxyl groups is 1. The van der Waals surface area contributed by atoms with Crippen molar-refractivity contribution in [3.05, 3.63) is 77.1 Å². The fourth-order valence-electron chi connectivity index (χ4n) is 4.56. The topological polar surface area (TPSA) is 43.8 Å². The van der Waals surface area contributed by atoms with Crippen LogP contribution < -0.4 is 0 Å². The highest BCUT2D eigenvalue weighted by molar-refractivity contribution is 5.81. The van der Waals surface area contributed by atoms with Crippen LogP contribution in [-0.4, -0.2) is 52.6 Å². The van der Waals surface area contributed by atoms with Crippen molar-refractivity contribution in [2.75, 3.05) is 19.7 Å². The van der Waals surface area contributed by atoms with E-state index in [4.69, 9.17) is 0 Å². The molecule has 4 rings (SSSR count). The van der Waals surface area contributed by atoms with Gasteiger partial charge in [0.2, 0.25) is 5.91 Å². The Kier molecular flexibility index (Phi) is 5.29. The van der Waals surface area contributed by atoms with Crippen molar-refractivity contribution in [1.29, 1.82) is 0 Å². The lowest BCUT2D eigenvalue weighted by Crippen LogP contribution is -2.72. The van der Waals surface area contributed by atoms with Gasteiger partial charge in [-0.3, -0.25) is 9.69 Å². The van der Waals surface area contributed by atoms with Crippen LogP contribution in [0.4, 0.5) is 4.39 Å². The first-order valence-corrected chi connectivity index (χ1v) is 9.72. The van der Waals surface area contributed by atoms with Crippen LogP contribution in [0.5, 0.6) is 0 Å². The maximum Gasteiger partial charge on any atom is 0.237 e. The average molecular weight is 380 g/mol. The molecule has 0 radical (unpaired) electrons. The molecule has 0 aliphatic carbocycles. The van der Waals surface area contributed by atoms with Crippen molar-refractivity contribution in [3.8, 4) is 0 Å². The maximum absolute atomic E-state index is 13.1. The van der Waals surface area contributed by atoms with E-state index in [-0.39, 0.29) is 36.3 Å². The molecular weight excluding hydrogens is 355 g/mol. The second kappa shape index (κ2) is 7.86. The monoisotopic (exact) mass is 380 g/mol. The molecular formula is C23H25FN2O2. The number of benzene rings is 2. The quantitative estimate of drug-likeness (QED) is 0.867. The molecule has 2 heterocycles. The Morgan fingerprint density at radius 1 is 1.14 bits per heavy atom. The molecule has 0 unspecified atom stereocenters. The molecule has 2 aliphatic rings. The molecule has 0 spiro atoms. The number of amides is 1. The van der Waals surface area contributed by atoms with E-state index in [1.165, 1.54) is 12.1 Å². The molecule has 0 saturated carbocycles. The molecule has 2 aromatic carbocycles. The van der Waals surface area contributed by atoms with Crippen LogP contribution in [0.3, 0.4) is 0 Å². The van der Waals surface area contributed by atoms with E-state index in [0.717, 1.165) is 23.2 Å². The van der Waals surface area contributed by atoms with E-state index < -0.39 is 0 Å². The predicted octanol–water partition coefficient (Wildman–Crippen LogP) is 3.03. The molecule has 2 fully saturated rings. The Morgan fingerprint density at radius 3 is 2.50 bits per heavy atom. The molecule has 4 nitrogen and oxygen atoms in total. The lowest BCUT2D eigenvalue weighted by molar-refractivity contribution is -0.162. The number of hydrogen-bond donors (Lipinski definition) is 1. The van der Waals surface area contributed by atoms with Crippen molar-refractivity contribution in [2.24, 2.45) is 0 Å². The number of piperazine rings is 1. The number of allylic oxidation sites excluding steroid dienone is 1. The van der Waals surface area contributed by atoms with Crippen molar-refractivity contribution < 1.29 is 14.3 Å². The first-order valence-electron chi connectivity index (χ1n) is 9.72.